The van der Waals surface area contributed by atoms with Crippen molar-refractivity contribution >= 4 is 11.8 Å². The second-order valence-corrected chi connectivity index (χ2v) is 4.72. The lowest BCUT2D eigenvalue weighted by Gasteiger charge is -2.20. The number of nitrogens with zero attached hydrogens (tertiary/aromatic N) is 1. The summed E-state index contributed by atoms with van der Waals surface area (Å²) in [5.41, 5.74) is 0. The Morgan fingerprint density at radius 2 is 2.06 bits per heavy atom. The minimum Gasteiger partial charge on any atom is -0.333 e. The highest BCUT2D eigenvalue weighted by atomic mass is 16.2. The number of carbonyl (C=O) groups is 2. The third-order valence-electron chi connectivity index (χ3n) is 3.27. The Hall–Kier alpha value is -1.06. The molecule has 1 heterocycles. The minimum atomic E-state index is 0.0289. The molecule has 2 amide bonds. The highest BCUT2D eigenvalue weighted by molar-refractivity contribution is 5.77. The number of Topliss-reactive ketones (excluding diaryl/α,β-unsaturated/α-hetero) is 1. The van der Waals surface area contributed by atoms with Crippen LogP contribution in [0.15, 0.2) is 0 Å². The summed E-state index contributed by atoms with van der Waals surface area (Å²) in [5, 5.41) is 2.91. The Morgan fingerprint density at radius 3 is 2.56 bits per heavy atom. The zero-order valence-corrected chi connectivity index (χ0v) is 10.5. The molecule has 0 aromatic rings. The van der Waals surface area contributed by atoms with Crippen LogP contribution in [0.1, 0.15) is 46.0 Å². The first kappa shape index (κ1) is 13.0. The average molecular weight is 226 g/mol. The quantitative estimate of drug-likeness (QED) is 0.704. The predicted molar refractivity (Wildman–Crippen MR) is 63.3 cm³/mol. The van der Waals surface area contributed by atoms with E-state index in [0.29, 0.717) is 12.5 Å². The van der Waals surface area contributed by atoms with E-state index < -0.39 is 0 Å². The van der Waals surface area contributed by atoms with Crippen LogP contribution in [-0.2, 0) is 4.79 Å². The lowest BCUT2D eigenvalue weighted by atomic mass is 10.0. The zero-order chi connectivity index (χ0) is 12.1. The summed E-state index contributed by atoms with van der Waals surface area (Å²) in [5.74, 6) is 0.267. The Balaban J connectivity index is 2.17. The number of hydrogen-bond acceptors (Lipinski definition) is 2. The summed E-state index contributed by atoms with van der Waals surface area (Å²) in [7, 11) is 1.85. The summed E-state index contributed by atoms with van der Waals surface area (Å²) >= 11 is 0. The fraction of sp³-hybridized carbons (Fsp3) is 0.833. The molecule has 0 radical (unpaired) electrons. The first-order valence-electron chi connectivity index (χ1n) is 6.05. The Kier molecular flexibility index (Phi) is 4.77. The minimum absolute atomic E-state index is 0.0289. The molecule has 4 nitrogen and oxygen atoms in total. The molecule has 0 spiro atoms. The molecule has 0 aromatic heterocycles. The van der Waals surface area contributed by atoms with E-state index in [4.69, 9.17) is 0 Å². The molecule has 0 bridgehead atoms. The summed E-state index contributed by atoms with van der Waals surface area (Å²) in [6.07, 6.45) is 4.84. The van der Waals surface area contributed by atoms with Crippen molar-refractivity contribution in [2.45, 2.75) is 58.0 Å². The van der Waals surface area contributed by atoms with Crippen molar-refractivity contribution in [1.29, 1.82) is 0 Å². The van der Waals surface area contributed by atoms with Gasteiger partial charge < -0.3 is 15.0 Å². The molecular formula is C12H22N2O2. The van der Waals surface area contributed by atoms with Gasteiger partial charge in [0.25, 0.3) is 0 Å². The molecule has 1 aliphatic rings. The molecule has 1 saturated heterocycles. The highest BCUT2D eigenvalue weighted by Crippen LogP contribution is 2.18. The van der Waals surface area contributed by atoms with Crippen LogP contribution in [0.25, 0.3) is 0 Å². The number of rotatable bonds is 6. The Bertz CT molecular complexity index is 266. The van der Waals surface area contributed by atoms with Crippen LogP contribution in [0.5, 0.6) is 0 Å². The van der Waals surface area contributed by atoms with Crippen LogP contribution < -0.4 is 5.32 Å². The van der Waals surface area contributed by atoms with Gasteiger partial charge in [-0.15, -0.1) is 0 Å². The van der Waals surface area contributed by atoms with Crippen LogP contribution >= 0.6 is 0 Å². The molecular weight excluding hydrogens is 204 g/mol. The van der Waals surface area contributed by atoms with Gasteiger partial charge in [0, 0.05) is 19.5 Å². The van der Waals surface area contributed by atoms with Gasteiger partial charge in [-0.2, -0.15) is 0 Å². The fourth-order valence-corrected chi connectivity index (χ4v) is 2.23. The number of likely N-dealkylation sites (N-methyl/N-ethyl adjacent to an activating group) is 1. The molecule has 92 valence electrons. The fourth-order valence-electron chi connectivity index (χ4n) is 2.23. The predicted octanol–water partition coefficient (Wildman–Crippen LogP) is 1.94. The standard InChI is InChI=1S/C12H22N2O2/c1-9(15)7-5-4-6-8-11-10(2)13-12(16)14(11)3/h10-11H,4-8H2,1-3H3,(H,13,16)/t10-,11+/m0/s1. The van der Waals surface area contributed by atoms with Gasteiger partial charge in [0.15, 0.2) is 0 Å². The lowest BCUT2D eigenvalue weighted by molar-refractivity contribution is -0.117. The van der Waals surface area contributed by atoms with Crippen molar-refractivity contribution in [3.8, 4) is 0 Å². The van der Waals surface area contributed by atoms with E-state index >= 15 is 0 Å². The van der Waals surface area contributed by atoms with Gasteiger partial charge in [0.1, 0.15) is 5.78 Å². The van der Waals surface area contributed by atoms with Gasteiger partial charge in [-0.3, -0.25) is 0 Å². The lowest BCUT2D eigenvalue weighted by Crippen LogP contribution is -2.32. The third-order valence-corrected chi connectivity index (χ3v) is 3.27. The largest absolute Gasteiger partial charge is 0.333 e. The van der Waals surface area contributed by atoms with E-state index in [-0.39, 0.29) is 17.9 Å². The van der Waals surface area contributed by atoms with Gasteiger partial charge >= 0.3 is 6.03 Å². The maximum atomic E-state index is 11.3. The van der Waals surface area contributed by atoms with Crippen LogP contribution in [0.2, 0.25) is 0 Å². The van der Waals surface area contributed by atoms with E-state index in [0.717, 1.165) is 25.7 Å². The normalized spacial score (nSPS) is 24.7. The number of unbranched alkanes of at least 4 members (excludes halogenated alkanes) is 2. The monoisotopic (exact) mass is 226 g/mol. The Labute approximate surface area is 97.4 Å². The number of carbonyl (C=O) groups excluding carboxylic acids is 2. The number of urea groups is 1. The molecule has 0 unspecified atom stereocenters. The van der Waals surface area contributed by atoms with Crippen molar-refractivity contribution in [3.63, 3.8) is 0 Å². The summed E-state index contributed by atoms with van der Waals surface area (Å²) in [6.45, 7) is 3.68. The molecule has 1 aliphatic heterocycles. The molecule has 1 N–H and O–H groups in total. The number of nitrogens with one attached hydrogen (secondary N) is 1. The summed E-state index contributed by atoms with van der Waals surface area (Å²) < 4.78 is 0. The number of amides is 2. The number of ketones is 1. The molecule has 0 saturated carbocycles. The average Bonchev–Trinajstić information content (AvgIpc) is 2.43. The van der Waals surface area contributed by atoms with Gasteiger partial charge in [-0.25, -0.2) is 4.79 Å². The molecule has 2 atom stereocenters. The van der Waals surface area contributed by atoms with Gasteiger partial charge in [0.05, 0.1) is 6.04 Å². The molecule has 1 fully saturated rings. The van der Waals surface area contributed by atoms with Crippen molar-refractivity contribution in [1.82, 2.24) is 10.2 Å². The summed E-state index contributed by atoms with van der Waals surface area (Å²) in [4.78, 5) is 23.9. The Morgan fingerprint density at radius 1 is 1.38 bits per heavy atom. The highest BCUT2D eigenvalue weighted by Gasteiger charge is 2.32. The van der Waals surface area contributed by atoms with E-state index in [2.05, 4.69) is 5.32 Å². The molecule has 4 heteroatoms. The smallest absolute Gasteiger partial charge is 0.317 e. The SMILES string of the molecule is CC(=O)CCCCC[C@@H]1[C@H](C)NC(=O)N1C. The molecule has 0 aromatic carbocycles. The van der Waals surface area contributed by atoms with Crippen molar-refractivity contribution in [2.75, 3.05) is 7.05 Å². The number of hydrogen-bond donors (Lipinski definition) is 1. The van der Waals surface area contributed by atoms with Crippen LogP contribution in [0.3, 0.4) is 0 Å². The van der Waals surface area contributed by atoms with Gasteiger partial charge in [-0.05, 0) is 26.7 Å². The van der Waals surface area contributed by atoms with Crippen LogP contribution in [0.4, 0.5) is 4.79 Å². The van der Waals surface area contributed by atoms with Gasteiger partial charge in [-0.1, -0.05) is 12.8 Å². The maximum Gasteiger partial charge on any atom is 0.317 e. The zero-order valence-electron chi connectivity index (χ0n) is 10.5. The van der Waals surface area contributed by atoms with Gasteiger partial charge in [0.2, 0.25) is 0 Å². The van der Waals surface area contributed by atoms with E-state index in [1.54, 1.807) is 11.8 Å². The first-order valence-corrected chi connectivity index (χ1v) is 6.05. The molecule has 0 aliphatic carbocycles. The third kappa shape index (κ3) is 3.51. The summed E-state index contributed by atoms with van der Waals surface area (Å²) in [6, 6.07) is 0.580. The van der Waals surface area contributed by atoms with E-state index in [1.807, 2.05) is 14.0 Å². The van der Waals surface area contributed by atoms with Crippen molar-refractivity contribution in [3.05, 3.63) is 0 Å². The van der Waals surface area contributed by atoms with E-state index in [9.17, 15) is 9.59 Å². The van der Waals surface area contributed by atoms with Crippen molar-refractivity contribution < 1.29 is 9.59 Å². The van der Waals surface area contributed by atoms with E-state index in [1.165, 1.54) is 0 Å². The molecule has 1 rings (SSSR count). The van der Waals surface area contributed by atoms with Crippen LogP contribution in [0, 0.1) is 0 Å². The first-order chi connectivity index (χ1) is 7.52. The maximum absolute atomic E-state index is 11.3. The molecule has 16 heavy (non-hydrogen) atoms. The van der Waals surface area contributed by atoms with Crippen molar-refractivity contribution in [2.24, 2.45) is 0 Å². The van der Waals surface area contributed by atoms with Crippen LogP contribution in [-0.4, -0.2) is 35.8 Å². The second-order valence-electron chi connectivity index (χ2n) is 4.72. The second kappa shape index (κ2) is 5.87. The topological polar surface area (TPSA) is 49.4 Å².